The van der Waals surface area contributed by atoms with E-state index in [0.29, 0.717) is 0 Å². The summed E-state index contributed by atoms with van der Waals surface area (Å²) >= 11 is 2.36. The minimum atomic E-state index is 0.283. The van der Waals surface area contributed by atoms with Gasteiger partial charge in [0, 0.05) is 3.57 Å². The van der Waals surface area contributed by atoms with Gasteiger partial charge in [-0.3, -0.25) is 0 Å². The first-order valence-electron chi connectivity index (χ1n) is 6.26. The molecular formula is C16H18IN. The van der Waals surface area contributed by atoms with E-state index in [1.807, 2.05) is 0 Å². The molecule has 2 rings (SSSR count). The van der Waals surface area contributed by atoms with Crippen molar-refractivity contribution in [3.63, 3.8) is 0 Å². The van der Waals surface area contributed by atoms with Crippen molar-refractivity contribution in [2.45, 2.75) is 19.9 Å². The lowest BCUT2D eigenvalue weighted by molar-refractivity contribution is 0.630. The van der Waals surface area contributed by atoms with Crippen molar-refractivity contribution in [1.29, 1.82) is 0 Å². The SMILES string of the molecule is CCNC(c1ccc(C)cc1)c1cccc(I)c1. The van der Waals surface area contributed by atoms with E-state index in [2.05, 4.69) is 90.3 Å². The Morgan fingerprint density at radius 2 is 1.78 bits per heavy atom. The van der Waals surface area contributed by atoms with Crippen LogP contribution in [0.2, 0.25) is 0 Å². The van der Waals surface area contributed by atoms with Gasteiger partial charge in [-0.05, 0) is 59.3 Å². The van der Waals surface area contributed by atoms with Crippen molar-refractivity contribution in [2.75, 3.05) is 6.54 Å². The maximum Gasteiger partial charge on any atom is 0.0577 e. The van der Waals surface area contributed by atoms with Crippen molar-refractivity contribution in [1.82, 2.24) is 5.32 Å². The fraction of sp³-hybridized carbons (Fsp3) is 0.250. The zero-order valence-electron chi connectivity index (χ0n) is 10.8. The molecule has 2 heteroatoms. The summed E-state index contributed by atoms with van der Waals surface area (Å²) in [5.74, 6) is 0. The molecule has 0 amide bonds. The predicted octanol–water partition coefficient (Wildman–Crippen LogP) is 4.30. The largest absolute Gasteiger partial charge is 0.307 e. The maximum absolute atomic E-state index is 3.56. The number of hydrogen-bond donors (Lipinski definition) is 1. The lowest BCUT2D eigenvalue weighted by Crippen LogP contribution is -2.22. The number of rotatable bonds is 4. The Balaban J connectivity index is 2.36. The molecule has 0 aliphatic heterocycles. The predicted molar refractivity (Wildman–Crippen MR) is 85.9 cm³/mol. The average Bonchev–Trinajstić information content (AvgIpc) is 2.37. The number of hydrogen-bond acceptors (Lipinski definition) is 1. The summed E-state index contributed by atoms with van der Waals surface area (Å²) in [6.45, 7) is 5.23. The van der Waals surface area contributed by atoms with Crippen LogP contribution < -0.4 is 5.32 Å². The van der Waals surface area contributed by atoms with Crippen LogP contribution in [0.4, 0.5) is 0 Å². The monoisotopic (exact) mass is 351 g/mol. The molecule has 0 spiro atoms. The van der Waals surface area contributed by atoms with Gasteiger partial charge in [-0.2, -0.15) is 0 Å². The smallest absolute Gasteiger partial charge is 0.0577 e. The molecule has 0 aliphatic rings. The Morgan fingerprint density at radius 3 is 2.39 bits per heavy atom. The Kier molecular flexibility index (Phi) is 4.78. The minimum Gasteiger partial charge on any atom is -0.307 e. The summed E-state index contributed by atoms with van der Waals surface area (Å²) in [5.41, 5.74) is 3.95. The second kappa shape index (κ2) is 6.34. The van der Waals surface area contributed by atoms with Crippen LogP contribution in [0.25, 0.3) is 0 Å². The highest BCUT2D eigenvalue weighted by atomic mass is 127. The zero-order chi connectivity index (χ0) is 13.0. The standard InChI is InChI=1S/C16H18IN/c1-3-18-16(13-9-7-12(2)8-10-13)14-5-4-6-15(17)11-14/h4-11,16,18H,3H2,1-2H3. The fourth-order valence-corrected chi connectivity index (χ4v) is 2.64. The third-order valence-corrected chi connectivity index (χ3v) is 3.67. The van der Waals surface area contributed by atoms with Crippen molar-refractivity contribution >= 4 is 22.6 Å². The highest BCUT2D eigenvalue weighted by Crippen LogP contribution is 2.23. The molecule has 1 N–H and O–H groups in total. The molecule has 0 radical (unpaired) electrons. The van der Waals surface area contributed by atoms with Crippen LogP contribution in [0.5, 0.6) is 0 Å². The molecule has 0 aliphatic carbocycles. The minimum absolute atomic E-state index is 0.283. The molecule has 1 nitrogen and oxygen atoms in total. The number of halogens is 1. The number of nitrogens with one attached hydrogen (secondary N) is 1. The third kappa shape index (κ3) is 3.33. The van der Waals surface area contributed by atoms with Gasteiger partial charge in [0.05, 0.1) is 6.04 Å². The summed E-state index contributed by atoms with van der Waals surface area (Å²) in [5, 5.41) is 3.56. The lowest BCUT2D eigenvalue weighted by atomic mass is 9.98. The summed E-state index contributed by atoms with van der Waals surface area (Å²) in [6.07, 6.45) is 0. The topological polar surface area (TPSA) is 12.0 Å². The van der Waals surface area contributed by atoms with Crippen molar-refractivity contribution in [3.8, 4) is 0 Å². The molecule has 0 heterocycles. The first-order chi connectivity index (χ1) is 8.70. The molecule has 0 bridgehead atoms. The molecule has 2 aromatic rings. The van der Waals surface area contributed by atoms with Gasteiger partial charge in [-0.15, -0.1) is 0 Å². The van der Waals surface area contributed by atoms with Gasteiger partial charge in [0.15, 0.2) is 0 Å². The van der Waals surface area contributed by atoms with E-state index in [1.165, 1.54) is 20.3 Å². The summed E-state index contributed by atoms with van der Waals surface area (Å²) in [7, 11) is 0. The molecule has 0 saturated heterocycles. The van der Waals surface area contributed by atoms with E-state index in [0.717, 1.165) is 6.54 Å². The summed E-state index contributed by atoms with van der Waals surface area (Å²) in [4.78, 5) is 0. The Morgan fingerprint density at radius 1 is 1.06 bits per heavy atom. The van der Waals surface area contributed by atoms with Gasteiger partial charge in [-0.1, -0.05) is 48.9 Å². The molecule has 0 saturated carbocycles. The van der Waals surface area contributed by atoms with Crippen LogP contribution in [0.1, 0.15) is 29.7 Å². The van der Waals surface area contributed by atoms with Crippen LogP contribution in [-0.2, 0) is 0 Å². The van der Waals surface area contributed by atoms with E-state index in [1.54, 1.807) is 0 Å². The quantitative estimate of drug-likeness (QED) is 0.810. The number of benzene rings is 2. The second-order valence-electron chi connectivity index (χ2n) is 4.46. The van der Waals surface area contributed by atoms with Crippen LogP contribution in [-0.4, -0.2) is 6.54 Å². The molecule has 0 fully saturated rings. The number of aryl methyl sites for hydroxylation is 1. The third-order valence-electron chi connectivity index (χ3n) is 3.00. The van der Waals surface area contributed by atoms with Crippen LogP contribution in [0.15, 0.2) is 48.5 Å². The van der Waals surface area contributed by atoms with Crippen LogP contribution in [0, 0.1) is 10.5 Å². The van der Waals surface area contributed by atoms with E-state index >= 15 is 0 Å². The van der Waals surface area contributed by atoms with Gasteiger partial charge in [0.1, 0.15) is 0 Å². The summed E-state index contributed by atoms with van der Waals surface area (Å²) in [6, 6.07) is 17.7. The summed E-state index contributed by atoms with van der Waals surface area (Å²) < 4.78 is 1.28. The first kappa shape index (κ1) is 13.6. The lowest BCUT2D eigenvalue weighted by Gasteiger charge is -2.19. The maximum atomic E-state index is 3.56. The van der Waals surface area contributed by atoms with Gasteiger partial charge in [0.2, 0.25) is 0 Å². The van der Waals surface area contributed by atoms with Gasteiger partial charge < -0.3 is 5.32 Å². The molecule has 2 aromatic carbocycles. The Hall–Kier alpha value is -0.870. The van der Waals surface area contributed by atoms with Crippen molar-refractivity contribution in [3.05, 3.63) is 68.8 Å². The highest BCUT2D eigenvalue weighted by Gasteiger charge is 2.12. The first-order valence-corrected chi connectivity index (χ1v) is 7.34. The molecule has 18 heavy (non-hydrogen) atoms. The van der Waals surface area contributed by atoms with E-state index < -0.39 is 0 Å². The van der Waals surface area contributed by atoms with E-state index in [-0.39, 0.29) is 6.04 Å². The molecule has 94 valence electrons. The van der Waals surface area contributed by atoms with Crippen molar-refractivity contribution in [2.24, 2.45) is 0 Å². The van der Waals surface area contributed by atoms with Gasteiger partial charge in [0.25, 0.3) is 0 Å². The molecule has 1 unspecified atom stereocenters. The Bertz CT molecular complexity index is 505. The Labute approximate surface area is 123 Å². The molecular weight excluding hydrogens is 333 g/mol. The second-order valence-corrected chi connectivity index (χ2v) is 5.70. The van der Waals surface area contributed by atoms with E-state index in [9.17, 15) is 0 Å². The van der Waals surface area contributed by atoms with Crippen LogP contribution >= 0.6 is 22.6 Å². The highest BCUT2D eigenvalue weighted by molar-refractivity contribution is 14.1. The van der Waals surface area contributed by atoms with E-state index in [4.69, 9.17) is 0 Å². The normalized spacial score (nSPS) is 12.4. The zero-order valence-corrected chi connectivity index (χ0v) is 12.9. The molecule has 0 aromatic heterocycles. The molecule has 1 atom stereocenters. The van der Waals surface area contributed by atoms with Crippen molar-refractivity contribution < 1.29 is 0 Å². The fourth-order valence-electron chi connectivity index (χ4n) is 2.08. The average molecular weight is 351 g/mol. The van der Waals surface area contributed by atoms with Crippen LogP contribution in [0.3, 0.4) is 0 Å². The van der Waals surface area contributed by atoms with Gasteiger partial charge >= 0.3 is 0 Å². The van der Waals surface area contributed by atoms with Gasteiger partial charge in [-0.25, -0.2) is 0 Å².